The zero-order chi connectivity index (χ0) is 21.3. The molecule has 0 radical (unpaired) electrons. The maximum absolute atomic E-state index is 12.7. The van der Waals surface area contributed by atoms with Gasteiger partial charge < -0.3 is 15.5 Å². The fourth-order valence-electron chi connectivity index (χ4n) is 2.86. The molecule has 1 aromatic carbocycles. The summed E-state index contributed by atoms with van der Waals surface area (Å²) in [7, 11) is 6.54. The lowest BCUT2D eigenvalue weighted by Crippen LogP contribution is -2.38. The van der Waals surface area contributed by atoms with Crippen LogP contribution >= 0.6 is 11.6 Å². The number of anilines is 3. The number of pyridine rings is 1. The lowest BCUT2D eigenvalue weighted by atomic mass is 10.2. The first-order chi connectivity index (χ1) is 13.7. The highest BCUT2D eigenvalue weighted by molar-refractivity contribution is 6.30. The number of hydrogen-bond acceptors (Lipinski definition) is 6. The van der Waals surface area contributed by atoms with Crippen LogP contribution in [-0.4, -0.2) is 40.7 Å². The summed E-state index contributed by atoms with van der Waals surface area (Å²) in [4.78, 5) is 43.5. The predicted molar refractivity (Wildman–Crippen MR) is 115 cm³/mol. The van der Waals surface area contributed by atoms with Gasteiger partial charge in [-0.05, 0) is 18.2 Å². The number of amides is 1. The van der Waals surface area contributed by atoms with Crippen LogP contribution in [0.4, 0.5) is 17.2 Å². The third-order valence-corrected chi connectivity index (χ3v) is 4.64. The molecule has 2 N–H and O–H groups in total. The minimum absolute atomic E-state index is 0.0928. The van der Waals surface area contributed by atoms with Gasteiger partial charge in [-0.15, -0.1) is 0 Å². The van der Waals surface area contributed by atoms with Gasteiger partial charge >= 0.3 is 5.69 Å². The smallest absolute Gasteiger partial charge is 0.332 e. The molecular weight excluding hydrogens is 396 g/mol. The summed E-state index contributed by atoms with van der Waals surface area (Å²) < 4.78 is 2.32. The molecule has 2 aromatic heterocycles. The van der Waals surface area contributed by atoms with Crippen LogP contribution in [0.3, 0.4) is 0 Å². The molecule has 0 aliphatic carbocycles. The van der Waals surface area contributed by atoms with Crippen molar-refractivity contribution in [2.24, 2.45) is 14.1 Å². The van der Waals surface area contributed by atoms with E-state index < -0.39 is 11.2 Å². The van der Waals surface area contributed by atoms with Gasteiger partial charge in [-0.1, -0.05) is 17.7 Å². The van der Waals surface area contributed by atoms with E-state index in [1.165, 1.54) is 11.6 Å². The van der Waals surface area contributed by atoms with Gasteiger partial charge in [0.2, 0.25) is 5.91 Å². The predicted octanol–water partition coefficient (Wildman–Crippen LogP) is 1.40. The molecule has 0 aliphatic heterocycles. The fourth-order valence-corrected chi connectivity index (χ4v) is 3.05. The fraction of sp³-hybridized carbons (Fsp3) is 0.263. The molecule has 0 aliphatic rings. The summed E-state index contributed by atoms with van der Waals surface area (Å²) in [5.41, 5.74) is 0.253. The molecule has 9 nitrogen and oxygen atoms in total. The molecule has 0 spiro atoms. The van der Waals surface area contributed by atoms with Crippen LogP contribution in [0.5, 0.6) is 0 Å². The zero-order valence-corrected chi connectivity index (χ0v) is 17.2. The van der Waals surface area contributed by atoms with Crippen LogP contribution in [0, 0.1) is 0 Å². The topological polar surface area (TPSA) is 101 Å². The first-order valence-corrected chi connectivity index (χ1v) is 9.14. The van der Waals surface area contributed by atoms with Crippen molar-refractivity contribution in [3.8, 4) is 0 Å². The van der Waals surface area contributed by atoms with E-state index >= 15 is 0 Å². The number of carbonyl (C=O) groups is 1. The van der Waals surface area contributed by atoms with Crippen molar-refractivity contribution in [2.45, 2.75) is 0 Å². The number of fused-ring (bicyclic) bond motifs is 1. The number of nitrogens with zero attached hydrogens (tertiary/aromatic N) is 4. The van der Waals surface area contributed by atoms with Gasteiger partial charge in [0.05, 0.1) is 12.2 Å². The molecule has 0 bridgehead atoms. The van der Waals surface area contributed by atoms with Crippen molar-refractivity contribution in [1.82, 2.24) is 14.1 Å². The first kappa shape index (κ1) is 20.4. The lowest BCUT2D eigenvalue weighted by molar-refractivity contribution is -0.114. The second kappa shape index (κ2) is 7.96. The minimum Gasteiger partial charge on any atom is -0.375 e. The van der Waals surface area contributed by atoms with Crippen LogP contribution in [0.15, 0.2) is 39.9 Å². The second-order valence-corrected chi connectivity index (χ2v) is 7.18. The number of hydrogen-bond donors (Lipinski definition) is 2. The summed E-state index contributed by atoms with van der Waals surface area (Å²) in [6.07, 6.45) is 0. The summed E-state index contributed by atoms with van der Waals surface area (Å²) in [6.45, 7) is -0.0928. The number of aromatic nitrogens is 3. The van der Waals surface area contributed by atoms with Gasteiger partial charge in [0.1, 0.15) is 11.2 Å². The van der Waals surface area contributed by atoms with Crippen molar-refractivity contribution in [2.75, 3.05) is 36.2 Å². The van der Waals surface area contributed by atoms with E-state index in [0.29, 0.717) is 22.2 Å². The Balaban J connectivity index is 1.98. The number of carbonyl (C=O) groups excluding carboxylic acids is 1. The Morgan fingerprint density at radius 3 is 2.55 bits per heavy atom. The molecule has 0 fully saturated rings. The van der Waals surface area contributed by atoms with Gasteiger partial charge in [0.25, 0.3) is 5.56 Å². The Kier molecular flexibility index (Phi) is 5.60. The Hall–Kier alpha value is -3.33. The molecule has 0 saturated heterocycles. The monoisotopic (exact) mass is 416 g/mol. The Morgan fingerprint density at radius 1 is 1.17 bits per heavy atom. The number of halogens is 1. The Labute approximate surface area is 171 Å². The number of nitrogens with one attached hydrogen (secondary N) is 2. The van der Waals surface area contributed by atoms with Crippen LogP contribution in [0.1, 0.15) is 0 Å². The largest absolute Gasteiger partial charge is 0.375 e. The Bertz CT molecular complexity index is 1220. The van der Waals surface area contributed by atoms with Crippen molar-refractivity contribution < 1.29 is 4.79 Å². The van der Waals surface area contributed by atoms with Gasteiger partial charge in [0, 0.05) is 45.0 Å². The normalized spacial score (nSPS) is 10.8. The van der Waals surface area contributed by atoms with E-state index in [4.69, 9.17) is 11.6 Å². The molecule has 0 unspecified atom stereocenters. The average Bonchev–Trinajstić information content (AvgIpc) is 2.68. The second-order valence-electron chi connectivity index (χ2n) is 6.74. The summed E-state index contributed by atoms with van der Waals surface area (Å²) >= 11 is 5.93. The van der Waals surface area contributed by atoms with Crippen LogP contribution < -0.4 is 26.8 Å². The molecule has 3 rings (SSSR count). The molecule has 29 heavy (non-hydrogen) atoms. The lowest BCUT2D eigenvalue weighted by Gasteiger charge is -2.17. The van der Waals surface area contributed by atoms with E-state index in [9.17, 15) is 14.4 Å². The third-order valence-electron chi connectivity index (χ3n) is 4.40. The van der Waals surface area contributed by atoms with Gasteiger partial charge in [-0.2, -0.15) is 0 Å². The summed E-state index contributed by atoms with van der Waals surface area (Å²) in [6, 6.07) is 8.47. The van der Waals surface area contributed by atoms with Gasteiger partial charge in [-0.25, -0.2) is 9.78 Å². The summed E-state index contributed by atoms with van der Waals surface area (Å²) in [5, 5.41) is 6.47. The number of aryl methyl sites for hydroxylation is 1. The maximum Gasteiger partial charge on any atom is 0.332 e. The highest BCUT2D eigenvalue weighted by Crippen LogP contribution is 2.23. The van der Waals surface area contributed by atoms with Crippen molar-refractivity contribution in [1.29, 1.82) is 0 Å². The van der Waals surface area contributed by atoms with E-state index in [1.54, 1.807) is 56.4 Å². The standard InChI is InChI=1S/C19H21ClN6O3/c1-24(2)14-9-13(16-17(23-14)25(3)19(29)26(4)18(16)28)21-10-15(27)22-12-7-5-6-11(20)8-12/h5-9H,10H2,1-4H3,(H,21,23)(H,22,27). The van der Waals surface area contributed by atoms with Gasteiger partial charge in [-0.3, -0.25) is 18.7 Å². The third kappa shape index (κ3) is 4.09. The highest BCUT2D eigenvalue weighted by Gasteiger charge is 2.17. The maximum atomic E-state index is 12.7. The molecule has 152 valence electrons. The minimum atomic E-state index is -0.487. The van der Waals surface area contributed by atoms with Crippen molar-refractivity contribution in [3.05, 3.63) is 56.2 Å². The zero-order valence-electron chi connectivity index (χ0n) is 16.5. The SMILES string of the molecule is CN(C)c1cc(NCC(=O)Nc2cccc(Cl)c2)c2c(=O)n(C)c(=O)n(C)c2n1. The number of benzene rings is 1. The number of rotatable bonds is 5. The quantitative estimate of drug-likeness (QED) is 0.652. The van der Waals surface area contributed by atoms with Crippen LogP contribution in [-0.2, 0) is 18.9 Å². The van der Waals surface area contributed by atoms with E-state index in [1.807, 2.05) is 0 Å². The first-order valence-electron chi connectivity index (χ1n) is 8.76. The van der Waals surface area contributed by atoms with Crippen LogP contribution in [0.25, 0.3) is 11.0 Å². The Morgan fingerprint density at radius 2 is 1.90 bits per heavy atom. The summed E-state index contributed by atoms with van der Waals surface area (Å²) in [5.74, 6) is 0.226. The average molecular weight is 417 g/mol. The molecule has 3 aromatic rings. The highest BCUT2D eigenvalue weighted by atomic mass is 35.5. The molecule has 10 heteroatoms. The van der Waals surface area contributed by atoms with E-state index in [-0.39, 0.29) is 23.5 Å². The van der Waals surface area contributed by atoms with E-state index in [0.717, 1.165) is 4.57 Å². The molecular formula is C19H21ClN6O3. The van der Waals surface area contributed by atoms with Crippen molar-refractivity contribution >= 4 is 45.7 Å². The van der Waals surface area contributed by atoms with Crippen molar-refractivity contribution in [3.63, 3.8) is 0 Å². The molecule has 0 atom stereocenters. The molecule has 1 amide bonds. The van der Waals surface area contributed by atoms with E-state index in [2.05, 4.69) is 15.6 Å². The molecule has 2 heterocycles. The molecule has 0 saturated carbocycles. The van der Waals surface area contributed by atoms with Crippen LogP contribution in [0.2, 0.25) is 5.02 Å². The van der Waals surface area contributed by atoms with Gasteiger partial charge in [0.15, 0.2) is 5.65 Å².